The lowest BCUT2D eigenvalue weighted by Gasteiger charge is -2.09. The third kappa shape index (κ3) is 4.55. The van der Waals surface area contributed by atoms with Gasteiger partial charge < -0.3 is 10.6 Å². The van der Waals surface area contributed by atoms with Crippen LogP contribution in [0.1, 0.15) is 21.9 Å². The highest BCUT2D eigenvalue weighted by Crippen LogP contribution is 2.18. The molecule has 0 aliphatic heterocycles. The molecule has 0 radical (unpaired) electrons. The van der Waals surface area contributed by atoms with Crippen LogP contribution in [0.3, 0.4) is 0 Å². The first-order valence-electron chi connectivity index (χ1n) is 7.76. The number of aromatic nitrogens is 2. The van der Waals surface area contributed by atoms with Gasteiger partial charge in [0.25, 0.3) is 5.91 Å². The van der Waals surface area contributed by atoms with Gasteiger partial charge in [0, 0.05) is 22.5 Å². The summed E-state index contributed by atoms with van der Waals surface area (Å²) in [6.07, 6.45) is 0. The molecule has 0 fully saturated rings. The number of benzene rings is 2. The van der Waals surface area contributed by atoms with Gasteiger partial charge in [-0.1, -0.05) is 35.4 Å². The fourth-order valence-electron chi connectivity index (χ4n) is 2.29. The molecule has 0 spiro atoms. The summed E-state index contributed by atoms with van der Waals surface area (Å²) in [6.45, 7) is 3.77. The lowest BCUT2D eigenvalue weighted by Crippen LogP contribution is -2.15. The molecule has 0 bridgehead atoms. The molecular weight excluding hydrogens is 336 g/mol. The Bertz CT molecular complexity index is 910. The number of anilines is 3. The first-order valence-corrected chi connectivity index (χ1v) is 8.14. The Balaban J connectivity index is 1.80. The molecule has 0 aliphatic rings. The summed E-state index contributed by atoms with van der Waals surface area (Å²) in [5.74, 6) is 0.751. The van der Waals surface area contributed by atoms with Gasteiger partial charge in [-0.3, -0.25) is 4.79 Å². The Labute approximate surface area is 151 Å². The maximum absolute atomic E-state index is 12.5. The van der Waals surface area contributed by atoms with Gasteiger partial charge >= 0.3 is 0 Å². The fraction of sp³-hybridized carbons (Fsp3) is 0.105. The molecule has 2 aromatic carbocycles. The summed E-state index contributed by atoms with van der Waals surface area (Å²) in [4.78, 5) is 21.0. The Morgan fingerprint density at radius 3 is 2.44 bits per heavy atom. The van der Waals surface area contributed by atoms with Crippen molar-refractivity contribution in [2.75, 3.05) is 10.6 Å². The van der Waals surface area contributed by atoms with Crippen molar-refractivity contribution in [1.82, 2.24) is 9.97 Å². The second-order valence-corrected chi connectivity index (χ2v) is 6.08. The molecule has 2 N–H and O–H groups in total. The standard InChI is InChI=1S/C19H17ClN4O/c1-12-6-8-15(9-7-12)23-18-11-17(21-13(2)22-18)19(25)24-16-5-3-4-14(20)10-16/h3-11H,1-2H3,(H,24,25)(H,21,22,23). The normalized spacial score (nSPS) is 10.4. The van der Waals surface area contributed by atoms with Crippen LogP contribution in [0.15, 0.2) is 54.6 Å². The van der Waals surface area contributed by atoms with E-state index >= 15 is 0 Å². The number of nitrogens with zero attached hydrogens (tertiary/aromatic N) is 2. The number of nitrogens with one attached hydrogen (secondary N) is 2. The minimum atomic E-state index is -0.320. The number of carbonyl (C=O) groups is 1. The average molecular weight is 353 g/mol. The van der Waals surface area contributed by atoms with Crippen molar-refractivity contribution in [2.45, 2.75) is 13.8 Å². The van der Waals surface area contributed by atoms with Crippen molar-refractivity contribution in [1.29, 1.82) is 0 Å². The maximum Gasteiger partial charge on any atom is 0.274 e. The summed E-state index contributed by atoms with van der Waals surface area (Å²) in [7, 11) is 0. The van der Waals surface area contributed by atoms with Gasteiger partial charge in [0.15, 0.2) is 0 Å². The van der Waals surface area contributed by atoms with Gasteiger partial charge in [0.1, 0.15) is 17.3 Å². The maximum atomic E-state index is 12.5. The molecule has 0 saturated carbocycles. The van der Waals surface area contributed by atoms with Crippen LogP contribution < -0.4 is 10.6 Å². The third-order valence-corrected chi connectivity index (χ3v) is 3.71. The number of hydrogen-bond donors (Lipinski definition) is 2. The predicted octanol–water partition coefficient (Wildman–Crippen LogP) is 4.74. The minimum Gasteiger partial charge on any atom is -0.340 e. The summed E-state index contributed by atoms with van der Waals surface area (Å²) in [6, 6.07) is 16.5. The van der Waals surface area contributed by atoms with Crippen LogP contribution in [0, 0.1) is 13.8 Å². The van der Waals surface area contributed by atoms with Gasteiger partial charge in [-0.2, -0.15) is 0 Å². The highest BCUT2D eigenvalue weighted by Gasteiger charge is 2.11. The van der Waals surface area contributed by atoms with Crippen LogP contribution in [0.4, 0.5) is 17.2 Å². The van der Waals surface area contributed by atoms with Gasteiger partial charge in [-0.15, -0.1) is 0 Å². The zero-order valence-electron chi connectivity index (χ0n) is 13.9. The molecule has 0 unspecified atom stereocenters. The van der Waals surface area contributed by atoms with Crippen molar-refractivity contribution in [3.63, 3.8) is 0 Å². The van der Waals surface area contributed by atoms with Crippen LogP contribution in [0.25, 0.3) is 0 Å². The highest BCUT2D eigenvalue weighted by atomic mass is 35.5. The zero-order chi connectivity index (χ0) is 17.8. The van der Waals surface area contributed by atoms with Crippen LogP contribution >= 0.6 is 11.6 Å². The lowest BCUT2D eigenvalue weighted by molar-refractivity contribution is 0.102. The molecular formula is C19H17ClN4O. The van der Waals surface area contributed by atoms with E-state index in [9.17, 15) is 4.79 Å². The Hall–Kier alpha value is -2.92. The molecule has 25 heavy (non-hydrogen) atoms. The molecule has 3 rings (SSSR count). The van der Waals surface area contributed by atoms with E-state index < -0.39 is 0 Å². The van der Waals surface area contributed by atoms with Gasteiger partial charge in [-0.05, 0) is 44.2 Å². The molecule has 126 valence electrons. The molecule has 0 saturated heterocycles. The number of carbonyl (C=O) groups excluding carboxylic acids is 1. The third-order valence-electron chi connectivity index (χ3n) is 3.48. The highest BCUT2D eigenvalue weighted by molar-refractivity contribution is 6.30. The van der Waals surface area contributed by atoms with Gasteiger partial charge in [0.2, 0.25) is 0 Å². The second-order valence-electron chi connectivity index (χ2n) is 5.64. The van der Waals surface area contributed by atoms with E-state index in [1.807, 2.05) is 31.2 Å². The number of amides is 1. The molecule has 1 aromatic heterocycles. The first-order chi connectivity index (χ1) is 12.0. The van der Waals surface area contributed by atoms with E-state index in [1.54, 1.807) is 37.3 Å². The van der Waals surface area contributed by atoms with Crippen molar-refractivity contribution >= 4 is 34.7 Å². The first kappa shape index (κ1) is 16.9. The number of halogens is 1. The molecule has 3 aromatic rings. The van der Waals surface area contributed by atoms with Gasteiger partial charge in [0.05, 0.1) is 0 Å². The van der Waals surface area contributed by atoms with E-state index in [0.717, 1.165) is 5.69 Å². The van der Waals surface area contributed by atoms with Crippen molar-refractivity contribution in [3.8, 4) is 0 Å². The SMILES string of the molecule is Cc1ccc(Nc2cc(C(=O)Nc3cccc(Cl)c3)nc(C)n2)cc1. The minimum absolute atomic E-state index is 0.280. The Morgan fingerprint density at radius 2 is 1.72 bits per heavy atom. The van der Waals surface area contributed by atoms with Crippen LogP contribution in [0.2, 0.25) is 5.02 Å². The van der Waals surface area contributed by atoms with Crippen LogP contribution in [-0.4, -0.2) is 15.9 Å². The smallest absolute Gasteiger partial charge is 0.274 e. The molecule has 6 heteroatoms. The summed E-state index contributed by atoms with van der Waals surface area (Å²) < 4.78 is 0. The van der Waals surface area contributed by atoms with Crippen molar-refractivity contribution in [2.24, 2.45) is 0 Å². The van der Waals surface area contributed by atoms with Crippen molar-refractivity contribution < 1.29 is 4.79 Å². The molecule has 1 amide bonds. The Kier molecular flexibility index (Phi) is 4.95. The van der Waals surface area contributed by atoms with Crippen LogP contribution in [-0.2, 0) is 0 Å². The molecule has 0 aliphatic carbocycles. The van der Waals surface area contributed by atoms with Crippen molar-refractivity contribution in [3.05, 3.63) is 76.7 Å². The largest absolute Gasteiger partial charge is 0.340 e. The van der Waals surface area contributed by atoms with E-state index in [4.69, 9.17) is 11.6 Å². The fourth-order valence-corrected chi connectivity index (χ4v) is 2.48. The summed E-state index contributed by atoms with van der Waals surface area (Å²) in [5.41, 5.74) is 2.96. The number of hydrogen-bond acceptors (Lipinski definition) is 4. The van der Waals surface area contributed by atoms with E-state index in [2.05, 4.69) is 20.6 Å². The predicted molar refractivity (Wildman–Crippen MR) is 101 cm³/mol. The summed E-state index contributed by atoms with van der Waals surface area (Å²) >= 11 is 5.94. The molecule has 0 atom stereocenters. The lowest BCUT2D eigenvalue weighted by atomic mass is 10.2. The number of rotatable bonds is 4. The zero-order valence-corrected chi connectivity index (χ0v) is 14.6. The van der Waals surface area contributed by atoms with E-state index in [-0.39, 0.29) is 11.6 Å². The molecule has 1 heterocycles. The number of aryl methyl sites for hydroxylation is 2. The van der Waals surface area contributed by atoms with E-state index in [0.29, 0.717) is 22.4 Å². The Morgan fingerprint density at radius 1 is 0.960 bits per heavy atom. The average Bonchev–Trinajstić information content (AvgIpc) is 2.56. The topological polar surface area (TPSA) is 66.9 Å². The monoisotopic (exact) mass is 352 g/mol. The summed E-state index contributed by atoms with van der Waals surface area (Å²) in [5, 5.41) is 6.53. The molecule has 5 nitrogen and oxygen atoms in total. The van der Waals surface area contributed by atoms with Crippen LogP contribution in [0.5, 0.6) is 0 Å². The van der Waals surface area contributed by atoms with Gasteiger partial charge in [-0.25, -0.2) is 9.97 Å². The quantitative estimate of drug-likeness (QED) is 0.711. The second kappa shape index (κ2) is 7.32. The van der Waals surface area contributed by atoms with E-state index in [1.165, 1.54) is 5.56 Å².